The molecule has 1 heterocycles. The monoisotopic (exact) mass is 460 g/mol. The Hall–Kier alpha value is -3.10. The van der Waals surface area contributed by atoms with Crippen molar-refractivity contribution in [1.82, 2.24) is 0 Å². The number of amides is 1. The van der Waals surface area contributed by atoms with Crippen LogP contribution >= 0.6 is 11.6 Å². The molecule has 0 unspecified atom stereocenters. The van der Waals surface area contributed by atoms with E-state index in [1.807, 2.05) is 6.07 Å². The highest BCUT2D eigenvalue weighted by Gasteiger charge is 2.24. The van der Waals surface area contributed by atoms with Gasteiger partial charge >= 0.3 is 0 Å². The lowest BCUT2D eigenvalue weighted by Crippen LogP contribution is -2.27. The molecule has 9 heteroatoms. The Morgan fingerprint density at radius 3 is 2.58 bits per heavy atom. The minimum Gasteiger partial charge on any atom is -0.493 e. The molecule has 0 aliphatic carbocycles. The molecule has 0 atom stereocenters. The maximum Gasteiger partial charge on any atom is 0.264 e. The second-order valence-electron chi connectivity index (χ2n) is 6.97. The van der Waals surface area contributed by atoms with Crippen LogP contribution in [0.5, 0.6) is 5.75 Å². The average molecular weight is 461 g/mol. The Labute approximate surface area is 184 Å². The fourth-order valence-corrected chi connectivity index (χ4v) is 4.68. The lowest BCUT2D eigenvalue weighted by Gasteiger charge is -2.20. The molecule has 6 nitrogen and oxygen atoms in total. The molecule has 1 N–H and O–H groups in total. The quantitative estimate of drug-likeness (QED) is 0.608. The van der Waals surface area contributed by atoms with Crippen LogP contribution in [0.1, 0.15) is 15.9 Å². The second-order valence-corrected chi connectivity index (χ2v) is 9.34. The van der Waals surface area contributed by atoms with E-state index in [0.717, 1.165) is 22.0 Å². The molecule has 3 aromatic carbocycles. The molecule has 0 fully saturated rings. The molecule has 4 rings (SSSR count). The summed E-state index contributed by atoms with van der Waals surface area (Å²) in [6.07, 6.45) is 0.753. The van der Waals surface area contributed by atoms with Gasteiger partial charge in [-0.15, -0.1) is 0 Å². The highest BCUT2D eigenvalue weighted by molar-refractivity contribution is 7.92. The largest absolute Gasteiger partial charge is 0.493 e. The van der Waals surface area contributed by atoms with Gasteiger partial charge in [0.2, 0.25) is 0 Å². The lowest BCUT2D eigenvalue weighted by molar-refractivity contribution is 0.102. The number of nitrogens with one attached hydrogen (secondary N) is 1. The Balaban J connectivity index is 1.61. The van der Waals surface area contributed by atoms with Gasteiger partial charge in [-0.3, -0.25) is 9.10 Å². The van der Waals surface area contributed by atoms with Crippen LogP contribution in [0.2, 0.25) is 5.02 Å². The van der Waals surface area contributed by atoms with Crippen LogP contribution in [-0.2, 0) is 16.4 Å². The van der Waals surface area contributed by atoms with Gasteiger partial charge in [-0.25, -0.2) is 12.8 Å². The summed E-state index contributed by atoms with van der Waals surface area (Å²) in [5.74, 6) is -0.226. The Morgan fingerprint density at radius 2 is 1.84 bits per heavy atom. The normalized spacial score (nSPS) is 12.7. The van der Waals surface area contributed by atoms with E-state index in [-0.39, 0.29) is 21.2 Å². The molecule has 3 aromatic rings. The smallest absolute Gasteiger partial charge is 0.264 e. The Bertz CT molecular complexity index is 1260. The molecule has 0 aromatic heterocycles. The molecule has 160 valence electrons. The molecule has 0 bridgehead atoms. The van der Waals surface area contributed by atoms with Crippen molar-refractivity contribution in [2.75, 3.05) is 23.3 Å². The maximum absolute atomic E-state index is 13.2. The number of benzene rings is 3. The third kappa shape index (κ3) is 4.22. The van der Waals surface area contributed by atoms with Crippen LogP contribution in [0.3, 0.4) is 0 Å². The number of carbonyl (C=O) groups excluding carboxylic acids is 1. The van der Waals surface area contributed by atoms with E-state index in [1.165, 1.54) is 49.5 Å². The van der Waals surface area contributed by atoms with Gasteiger partial charge in [0.1, 0.15) is 11.6 Å². The number of ether oxygens (including phenoxy) is 1. The zero-order valence-corrected chi connectivity index (χ0v) is 18.0. The number of sulfonamides is 1. The molecular formula is C22H18ClFN2O4S. The van der Waals surface area contributed by atoms with Crippen molar-refractivity contribution in [1.29, 1.82) is 0 Å². The average Bonchev–Trinajstić information content (AvgIpc) is 3.21. The summed E-state index contributed by atoms with van der Waals surface area (Å²) in [5.41, 5.74) is 1.85. The molecule has 0 radical (unpaired) electrons. The number of halogens is 2. The topological polar surface area (TPSA) is 75.7 Å². The predicted molar refractivity (Wildman–Crippen MR) is 117 cm³/mol. The minimum absolute atomic E-state index is 0.0204. The molecule has 1 amide bonds. The van der Waals surface area contributed by atoms with Gasteiger partial charge in [-0.05, 0) is 66.2 Å². The van der Waals surface area contributed by atoms with E-state index in [4.69, 9.17) is 16.3 Å². The van der Waals surface area contributed by atoms with E-state index < -0.39 is 21.7 Å². The third-order valence-electron chi connectivity index (χ3n) is 4.98. The van der Waals surface area contributed by atoms with Crippen LogP contribution in [0.15, 0.2) is 65.6 Å². The Morgan fingerprint density at radius 1 is 1.10 bits per heavy atom. The van der Waals surface area contributed by atoms with Crippen molar-refractivity contribution in [3.05, 3.63) is 82.6 Å². The molecule has 0 saturated heterocycles. The molecule has 31 heavy (non-hydrogen) atoms. The van der Waals surface area contributed by atoms with Crippen molar-refractivity contribution < 1.29 is 22.3 Å². The fraction of sp³-hybridized carbons (Fsp3) is 0.136. The van der Waals surface area contributed by atoms with Crippen LogP contribution in [-0.4, -0.2) is 28.0 Å². The number of fused-ring (bicyclic) bond motifs is 1. The lowest BCUT2D eigenvalue weighted by atomic mass is 10.1. The van der Waals surface area contributed by atoms with Gasteiger partial charge in [0.15, 0.2) is 0 Å². The SMILES string of the molecule is CN(c1ccc(F)cc1)S(=O)(=O)c1ccc(Cl)c(C(=O)Nc2ccc3c(c2)CCO3)c1. The standard InChI is InChI=1S/C22H18ClFN2O4S/c1-26(17-5-2-15(24)3-6-17)31(28,29)18-7-8-20(23)19(13-18)22(27)25-16-4-9-21-14(12-16)10-11-30-21/h2-9,12-13H,10-11H2,1H3,(H,25,27). The predicted octanol–water partition coefficient (Wildman–Crippen LogP) is 4.49. The summed E-state index contributed by atoms with van der Waals surface area (Å²) in [4.78, 5) is 12.7. The summed E-state index contributed by atoms with van der Waals surface area (Å²) < 4.78 is 45.7. The first-order valence-corrected chi connectivity index (χ1v) is 11.2. The molecule has 0 saturated carbocycles. The van der Waals surface area contributed by atoms with Crippen LogP contribution < -0.4 is 14.4 Å². The molecule has 1 aliphatic rings. The van der Waals surface area contributed by atoms with Crippen molar-refractivity contribution >= 4 is 38.9 Å². The van der Waals surface area contributed by atoms with E-state index in [1.54, 1.807) is 12.1 Å². The van der Waals surface area contributed by atoms with Crippen molar-refractivity contribution in [3.63, 3.8) is 0 Å². The van der Waals surface area contributed by atoms with Gasteiger partial charge in [0.05, 0.1) is 27.8 Å². The summed E-state index contributed by atoms with van der Waals surface area (Å²) in [7, 11) is -2.65. The maximum atomic E-state index is 13.2. The summed E-state index contributed by atoms with van der Waals surface area (Å²) in [5, 5.41) is 2.86. The third-order valence-corrected chi connectivity index (χ3v) is 7.09. The number of hydrogen-bond donors (Lipinski definition) is 1. The van der Waals surface area contributed by atoms with Gasteiger partial charge in [-0.2, -0.15) is 0 Å². The fourth-order valence-electron chi connectivity index (χ4n) is 3.25. The zero-order valence-electron chi connectivity index (χ0n) is 16.4. The summed E-state index contributed by atoms with van der Waals surface area (Å²) in [6, 6.07) is 14.3. The second kappa shape index (κ2) is 8.20. The summed E-state index contributed by atoms with van der Waals surface area (Å²) in [6.45, 7) is 0.597. The zero-order chi connectivity index (χ0) is 22.2. The van der Waals surface area contributed by atoms with Crippen LogP contribution in [0, 0.1) is 5.82 Å². The van der Waals surface area contributed by atoms with Gasteiger partial charge in [0, 0.05) is 19.2 Å². The molecule has 0 spiro atoms. The first-order valence-electron chi connectivity index (χ1n) is 9.37. The minimum atomic E-state index is -4.00. The van der Waals surface area contributed by atoms with Crippen molar-refractivity contribution in [2.24, 2.45) is 0 Å². The van der Waals surface area contributed by atoms with E-state index in [2.05, 4.69) is 5.32 Å². The van der Waals surface area contributed by atoms with Crippen LogP contribution in [0.4, 0.5) is 15.8 Å². The number of nitrogens with zero attached hydrogens (tertiary/aromatic N) is 1. The number of rotatable bonds is 5. The highest BCUT2D eigenvalue weighted by Crippen LogP contribution is 2.29. The van der Waals surface area contributed by atoms with Gasteiger partial charge in [0.25, 0.3) is 15.9 Å². The highest BCUT2D eigenvalue weighted by atomic mass is 35.5. The van der Waals surface area contributed by atoms with Crippen molar-refractivity contribution in [3.8, 4) is 5.75 Å². The summed E-state index contributed by atoms with van der Waals surface area (Å²) >= 11 is 6.18. The molecule has 1 aliphatic heterocycles. The van der Waals surface area contributed by atoms with E-state index in [0.29, 0.717) is 12.3 Å². The number of anilines is 2. The van der Waals surface area contributed by atoms with Gasteiger partial charge in [-0.1, -0.05) is 11.6 Å². The van der Waals surface area contributed by atoms with Crippen LogP contribution in [0.25, 0.3) is 0 Å². The molecular weight excluding hydrogens is 443 g/mol. The van der Waals surface area contributed by atoms with E-state index >= 15 is 0 Å². The Kier molecular flexibility index (Phi) is 5.60. The first kappa shape index (κ1) is 21.1. The van der Waals surface area contributed by atoms with E-state index in [9.17, 15) is 17.6 Å². The number of hydrogen-bond acceptors (Lipinski definition) is 4. The number of carbonyl (C=O) groups is 1. The van der Waals surface area contributed by atoms with Gasteiger partial charge < -0.3 is 10.1 Å². The van der Waals surface area contributed by atoms with Crippen molar-refractivity contribution in [2.45, 2.75) is 11.3 Å². The first-order chi connectivity index (χ1) is 14.8.